The van der Waals surface area contributed by atoms with Crippen LogP contribution in [0.5, 0.6) is 5.75 Å². The number of nitrogens with zero attached hydrogens (tertiary/aromatic N) is 1. The molecule has 1 unspecified atom stereocenters. The molecule has 0 aromatic heterocycles. The third-order valence-corrected chi connectivity index (χ3v) is 7.49. The molecular weight excluding hydrogens is 492 g/mol. The molecule has 0 saturated carbocycles. The Hall–Kier alpha value is -2.82. The molecule has 0 fully saturated rings. The van der Waals surface area contributed by atoms with Gasteiger partial charge in [0.05, 0.1) is 17.9 Å². The molecule has 1 amide bonds. The van der Waals surface area contributed by atoms with Gasteiger partial charge in [0.2, 0.25) is 0 Å². The van der Waals surface area contributed by atoms with E-state index >= 15 is 0 Å². The number of fused-ring (bicyclic) bond motifs is 1. The fourth-order valence-corrected chi connectivity index (χ4v) is 5.71. The first-order valence-electron chi connectivity index (χ1n) is 12.6. The Kier molecular flexibility index (Phi) is 8.77. The minimum atomic E-state index is -3.97. The van der Waals surface area contributed by atoms with Crippen molar-refractivity contribution in [2.75, 3.05) is 35.9 Å². The molecule has 37 heavy (non-hydrogen) atoms. The quantitative estimate of drug-likeness (QED) is 0.328. The summed E-state index contributed by atoms with van der Waals surface area (Å²) in [7, 11) is -3.97. The number of benzene rings is 2. The number of carbonyl (C=O) groups excluding carboxylic acids is 1. The highest BCUT2D eigenvalue weighted by atomic mass is 32.2. The molecule has 1 heterocycles. The van der Waals surface area contributed by atoms with Crippen LogP contribution in [0.4, 0.5) is 11.4 Å². The van der Waals surface area contributed by atoms with Gasteiger partial charge in [0.15, 0.2) is 0 Å². The minimum Gasteiger partial charge on any atom is -0.507 e. The molecule has 1 aliphatic rings. The molecule has 0 radical (unpaired) electrons. The standard InChI is InChI=1S/C27H40N4O5S/c1-7-36-13-12-31-17(2)14-21-18(3)24(30-37(28,34)35)19(4)22(25(21)31)15-27(5,6)16-29-26(33)20-10-8-9-11-23(20)32/h8-11,17,30,32H,7,12-16H2,1-6H3,(H,29,33)(H2,28,34,35). The predicted molar refractivity (Wildman–Crippen MR) is 148 cm³/mol. The van der Waals surface area contributed by atoms with Crippen LogP contribution in [0.3, 0.4) is 0 Å². The van der Waals surface area contributed by atoms with E-state index in [0.29, 0.717) is 31.9 Å². The molecule has 5 N–H and O–H groups in total. The van der Waals surface area contributed by atoms with Crippen molar-refractivity contribution < 1.29 is 23.1 Å². The van der Waals surface area contributed by atoms with E-state index in [1.807, 2.05) is 20.8 Å². The van der Waals surface area contributed by atoms with Crippen molar-refractivity contribution in [2.24, 2.45) is 10.6 Å². The zero-order chi connectivity index (χ0) is 27.5. The van der Waals surface area contributed by atoms with E-state index in [1.54, 1.807) is 18.2 Å². The Balaban J connectivity index is 1.99. The first-order chi connectivity index (χ1) is 17.3. The average molecular weight is 533 g/mol. The number of phenolic OH excluding ortho intramolecular Hbond substituents is 1. The lowest BCUT2D eigenvalue weighted by Gasteiger charge is -2.33. The van der Waals surface area contributed by atoms with Crippen LogP contribution in [0.1, 0.15) is 60.3 Å². The van der Waals surface area contributed by atoms with Crippen LogP contribution in [-0.4, -0.2) is 51.8 Å². The van der Waals surface area contributed by atoms with Crippen LogP contribution in [0.15, 0.2) is 24.3 Å². The average Bonchev–Trinajstić information content (AvgIpc) is 3.14. The van der Waals surface area contributed by atoms with Crippen LogP contribution in [0.2, 0.25) is 0 Å². The number of carbonyl (C=O) groups is 1. The van der Waals surface area contributed by atoms with Crippen LogP contribution in [-0.2, 0) is 27.8 Å². The zero-order valence-corrected chi connectivity index (χ0v) is 23.5. The molecule has 0 spiro atoms. The van der Waals surface area contributed by atoms with E-state index in [0.717, 1.165) is 40.9 Å². The van der Waals surface area contributed by atoms with Crippen LogP contribution >= 0.6 is 0 Å². The van der Waals surface area contributed by atoms with Crippen molar-refractivity contribution in [1.82, 2.24) is 5.32 Å². The van der Waals surface area contributed by atoms with E-state index in [9.17, 15) is 18.3 Å². The zero-order valence-electron chi connectivity index (χ0n) is 22.6. The summed E-state index contributed by atoms with van der Waals surface area (Å²) in [6, 6.07) is 6.66. The highest BCUT2D eigenvalue weighted by Crippen LogP contribution is 2.45. The Labute approximate surface area is 220 Å². The number of phenols is 1. The second kappa shape index (κ2) is 11.3. The lowest BCUT2D eigenvalue weighted by atomic mass is 9.81. The summed E-state index contributed by atoms with van der Waals surface area (Å²) in [6.07, 6.45) is 1.37. The van der Waals surface area contributed by atoms with Gasteiger partial charge < -0.3 is 20.1 Å². The van der Waals surface area contributed by atoms with Gasteiger partial charge in [0, 0.05) is 31.4 Å². The third kappa shape index (κ3) is 6.74. The number of hydrogen-bond acceptors (Lipinski definition) is 6. The molecule has 204 valence electrons. The highest BCUT2D eigenvalue weighted by Gasteiger charge is 2.35. The summed E-state index contributed by atoms with van der Waals surface area (Å²) in [5.41, 5.74) is 5.29. The third-order valence-electron chi connectivity index (χ3n) is 7.00. The first kappa shape index (κ1) is 28.7. The van der Waals surface area contributed by atoms with Gasteiger partial charge in [-0.1, -0.05) is 26.0 Å². The van der Waals surface area contributed by atoms with Gasteiger partial charge in [0.25, 0.3) is 16.1 Å². The molecule has 3 rings (SSSR count). The molecule has 0 saturated heterocycles. The van der Waals surface area contributed by atoms with Crippen molar-refractivity contribution in [3.05, 3.63) is 52.1 Å². The number of nitrogens with one attached hydrogen (secondary N) is 2. The number of amides is 1. The summed E-state index contributed by atoms with van der Waals surface area (Å²) in [5.74, 6) is -0.414. The second-order valence-electron chi connectivity index (χ2n) is 10.6. The molecule has 0 bridgehead atoms. The molecule has 2 aromatic rings. The summed E-state index contributed by atoms with van der Waals surface area (Å²) >= 11 is 0. The number of rotatable bonds is 11. The summed E-state index contributed by atoms with van der Waals surface area (Å²) in [5, 5.41) is 18.4. The van der Waals surface area contributed by atoms with Gasteiger partial charge in [-0.25, -0.2) is 5.14 Å². The Morgan fingerprint density at radius 2 is 1.92 bits per heavy atom. The first-order valence-corrected chi connectivity index (χ1v) is 14.2. The van der Waals surface area contributed by atoms with Crippen molar-refractivity contribution in [3.63, 3.8) is 0 Å². The fraction of sp³-hybridized carbons (Fsp3) is 0.519. The molecule has 1 atom stereocenters. The SMILES string of the molecule is CCOCCN1c2c(c(C)c(NS(N)(=O)=O)c(C)c2CC(C)(C)CNC(=O)c2ccccc2O)CC1C. The largest absolute Gasteiger partial charge is 0.507 e. The van der Waals surface area contributed by atoms with E-state index in [2.05, 4.69) is 35.7 Å². The number of ether oxygens (including phenoxy) is 1. The number of nitrogens with two attached hydrogens (primary N) is 1. The maximum absolute atomic E-state index is 12.7. The molecule has 2 aromatic carbocycles. The number of aromatic hydroxyl groups is 1. The van der Waals surface area contributed by atoms with Crippen LogP contribution < -0.4 is 20.1 Å². The lowest BCUT2D eigenvalue weighted by molar-refractivity contribution is 0.0933. The smallest absolute Gasteiger partial charge is 0.296 e. The minimum absolute atomic E-state index is 0.0670. The molecule has 0 aliphatic carbocycles. The predicted octanol–water partition coefficient (Wildman–Crippen LogP) is 3.41. The topological polar surface area (TPSA) is 134 Å². The molecule has 1 aliphatic heterocycles. The Morgan fingerprint density at radius 3 is 2.54 bits per heavy atom. The summed E-state index contributed by atoms with van der Waals surface area (Å²) < 4.78 is 32.2. The normalized spacial score (nSPS) is 15.5. The summed E-state index contributed by atoms with van der Waals surface area (Å²) in [6.45, 7) is 14.4. The van der Waals surface area contributed by atoms with E-state index in [-0.39, 0.29) is 28.7 Å². The van der Waals surface area contributed by atoms with Gasteiger partial charge in [-0.15, -0.1) is 0 Å². The number of hydrogen-bond donors (Lipinski definition) is 4. The maximum Gasteiger partial charge on any atom is 0.296 e. The lowest BCUT2D eigenvalue weighted by Crippen LogP contribution is -2.37. The highest BCUT2D eigenvalue weighted by molar-refractivity contribution is 7.90. The van der Waals surface area contributed by atoms with Crippen molar-refractivity contribution in [1.29, 1.82) is 0 Å². The van der Waals surface area contributed by atoms with Gasteiger partial charge in [-0.05, 0) is 80.3 Å². The monoisotopic (exact) mass is 532 g/mol. The van der Waals surface area contributed by atoms with Crippen LogP contribution in [0.25, 0.3) is 0 Å². The summed E-state index contributed by atoms with van der Waals surface area (Å²) in [4.78, 5) is 15.1. The Bertz CT molecular complexity index is 1260. The molecule has 10 heteroatoms. The Morgan fingerprint density at radius 1 is 1.24 bits per heavy atom. The fourth-order valence-electron chi connectivity index (χ4n) is 5.12. The second-order valence-corrected chi connectivity index (χ2v) is 11.9. The van der Waals surface area contributed by atoms with Gasteiger partial charge in [-0.3, -0.25) is 9.52 Å². The van der Waals surface area contributed by atoms with E-state index in [4.69, 9.17) is 9.88 Å². The number of para-hydroxylation sites is 1. The molecule has 9 nitrogen and oxygen atoms in total. The van der Waals surface area contributed by atoms with Gasteiger partial charge >= 0.3 is 0 Å². The van der Waals surface area contributed by atoms with Crippen molar-refractivity contribution in [2.45, 2.75) is 60.4 Å². The van der Waals surface area contributed by atoms with E-state index < -0.39 is 10.2 Å². The van der Waals surface area contributed by atoms with Gasteiger partial charge in [-0.2, -0.15) is 8.42 Å². The number of anilines is 2. The molecular formula is C27H40N4O5S. The van der Waals surface area contributed by atoms with Crippen LogP contribution in [0, 0.1) is 19.3 Å². The van der Waals surface area contributed by atoms with Crippen molar-refractivity contribution in [3.8, 4) is 5.75 Å². The van der Waals surface area contributed by atoms with E-state index in [1.165, 1.54) is 6.07 Å². The van der Waals surface area contributed by atoms with Crippen molar-refractivity contribution >= 4 is 27.5 Å². The van der Waals surface area contributed by atoms with Gasteiger partial charge in [0.1, 0.15) is 5.75 Å². The maximum atomic E-state index is 12.7.